The molecule has 0 heterocycles. The van der Waals surface area contributed by atoms with Crippen LogP contribution < -0.4 is 0 Å². The number of carboxylic acid groups (broad SMARTS) is 1. The van der Waals surface area contributed by atoms with E-state index in [1.54, 1.807) is 0 Å². The summed E-state index contributed by atoms with van der Waals surface area (Å²) >= 11 is 0. The van der Waals surface area contributed by atoms with Crippen LogP contribution in [0.25, 0.3) is 0 Å². The maximum atomic E-state index is 10.9. The topological polar surface area (TPSA) is 83.8 Å². The number of aliphatic carboxylic acids is 1. The molecule has 0 aliphatic carbocycles. The van der Waals surface area contributed by atoms with Gasteiger partial charge in [0.05, 0.1) is 6.61 Å². The average molecular weight is 361 g/mol. The van der Waals surface area contributed by atoms with Gasteiger partial charge in [-0.05, 0) is 13.3 Å². The maximum Gasteiger partial charge on any atom is 0.332 e. The van der Waals surface area contributed by atoms with Gasteiger partial charge in [-0.3, -0.25) is 4.79 Å². The molecule has 0 aromatic carbocycles. The third kappa shape index (κ3) is 25.3. The van der Waals surface area contributed by atoms with Crippen molar-refractivity contribution in [2.75, 3.05) is 6.61 Å². The fraction of sp³-hybridized carbons (Fsp3) is 0.900. The van der Waals surface area contributed by atoms with Crippen LogP contribution >= 0.6 is 0 Å². The maximum absolute atomic E-state index is 10.9. The minimum absolute atomic E-state index is 0.0666. The predicted octanol–water partition coefficient (Wildman–Crippen LogP) is 5.09. The summed E-state index contributed by atoms with van der Waals surface area (Å²) in [4.78, 5) is 20.3. The zero-order valence-corrected chi connectivity index (χ0v) is 16.6. The molecule has 0 aliphatic rings. The monoisotopic (exact) mass is 360 g/mol. The highest BCUT2D eigenvalue weighted by Gasteiger charge is 2.01. The van der Waals surface area contributed by atoms with Crippen LogP contribution in [0.2, 0.25) is 0 Å². The van der Waals surface area contributed by atoms with Crippen LogP contribution in [0, 0.1) is 0 Å². The van der Waals surface area contributed by atoms with Crippen LogP contribution in [0.3, 0.4) is 0 Å². The van der Waals surface area contributed by atoms with E-state index in [0.717, 1.165) is 6.42 Å². The molecule has 0 radical (unpaired) electrons. The molecule has 0 spiro atoms. The van der Waals surface area contributed by atoms with E-state index in [0.29, 0.717) is 13.0 Å². The lowest BCUT2D eigenvalue weighted by Crippen LogP contribution is -2.13. The number of esters is 1. The summed E-state index contributed by atoms with van der Waals surface area (Å²) in [7, 11) is 0. The number of aliphatic hydroxyl groups is 1. The first-order valence-electron chi connectivity index (χ1n) is 10.0. The fourth-order valence-corrected chi connectivity index (χ4v) is 2.23. The van der Waals surface area contributed by atoms with E-state index >= 15 is 0 Å². The first-order valence-corrected chi connectivity index (χ1v) is 10.0. The quantitative estimate of drug-likeness (QED) is 0.314. The Balaban J connectivity index is 0. The Morgan fingerprint density at radius 1 is 0.800 bits per heavy atom. The Hall–Kier alpha value is -1.10. The van der Waals surface area contributed by atoms with Crippen molar-refractivity contribution >= 4 is 11.9 Å². The normalized spacial score (nSPS) is 11.4. The zero-order chi connectivity index (χ0) is 19.3. The number of hydrogen-bond acceptors (Lipinski definition) is 4. The predicted molar refractivity (Wildman–Crippen MR) is 102 cm³/mol. The zero-order valence-electron chi connectivity index (χ0n) is 16.6. The average Bonchev–Trinajstić information content (AvgIpc) is 2.59. The number of carbonyl (C=O) groups excluding carboxylic acids is 1. The van der Waals surface area contributed by atoms with E-state index in [9.17, 15) is 9.59 Å². The summed E-state index contributed by atoms with van der Waals surface area (Å²) in [5.41, 5.74) is 0. The van der Waals surface area contributed by atoms with Gasteiger partial charge < -0.3 is 14.9 Å². The van der Waals surface area contributed by atoms with Gasteiger partial charge >= 0.3 is 11.9 Å². The standard InChI is InChI=1S/C17H34O2.C3H6O3/c1-3-5-6-7-8-9-10-11-12-13-14-15-16-19-17(18)4-2;1-2(4)3(5)6/h3-16H2,1-2H3;2,4H,1H3,(H,5,6). The number of rotatable bonds is 15. The second-order valence-corrected chi connectivity index (χ2v) is 6.48. The number of ether oxygens (including phenoxy) is 1. The molecule has 5 nitrogen and oxygen atoms in total. The second kappa shape index (κ2) is 20.9. The van der Waals surface area contributed by atoms with Gasteiger partial charge in [-0.2, -0.15) is 0 Å². The lowest BCUT2D eigenvalue weighted by atomic mass is 10.1. The minimum Gasteiger partial charge on any atom is -0.479 e. The molecule has 0 bridgehead atoms. The Kier molecular flexibility index (Phi) is 21.9. The number of carbonyl (C=O) groups is 2. The van der Waals surface area contributed by atoms with Crippen LogP contribution in [0.4, 0.5) is 0 Å². The van der Waals surface area contributed by atoms with Crippen molar-refractivity contribution in [2.24, 2.45) is 0 Å². The van der Waals surface area contributed by atoms with Gasteiger partial charge in [0.25, 0.3) is 0 Å². The molecule has 0 aromatic heterocycles. The molecule has 25 heavy (non-hydrogen) atoms. The number of carboxylic acids is 1. The van der Waals surface area contributed by atoms with Gasteiger partial charge in [-0.1, -0.05) is 84.5 Å². The first kappa shape index (κ1) is 26.1. The van der Waals surface area contributed by atoms with E-state index in [-0.39, 0.29) is 5.97 Å². The Bertz CT molecular complexity index is 302. The SMILES string of the molecule is CC(O)C(=O)O.CCCCCCCCCCCCCCOC(=O)CC. The molecule has 5 heteroatoms. The van der Waals surface area contributed by atoms with Crippen molar-refractivity contribution < 1.29 is 24.5 Å². The molecule has 0 fully saturated rings. The molecule has 0 rings (SSSR count). The highest BCUT2D eigenvalue weighted by molar-refractivity contribution is 5.71. The lowest BCUT2D eigenvalue weighted by Gasteiger charge is -2.04. The molecule has 0 aromatic rings. The summed E-state index contributed by atoms with van der Waals surface area (Å²) in [6.45, 7) is 5.92. The summed E-state index contributed by atoms with van der Waals surface area (Å²) < 4.78 is 5.04. The number of aliphatic hydroxyl groups excluding tert-OH is 1. The molecule has 0 aliphatic heterocycles. The molecular weight excluding hydrogens is 320 g/mol. The van der Waals surface area contributed by atoms with Gasteiger partial charge in [0.15, 0.2) is 0 Å². The van der Waals surface area contributed by atoms with Gasteiger partial charge in [0.2, 0.25) is 0 Å². The van der Waals surface area contributed by atoms with Crippen molar-refractivity contribution in [1.29, 1.82) is 0 Å². The van der Waals surface area contributed by atoms with Crippen molar-refractivity contribution in [1.82, 2.24) is 0 Å². The molecule has 150 valence electrons. The van der Waals surface area contributed by atoms with Gasteiger partial charge in [-0.25, -0.2) is 4.79 Å². The summed E-state index contributed by atoms with van der Waals surface area (Å²) in [5.74, 6) is -1.25. The van der Waals surface area contributed by atoms with Crippen molar-refractivity contribution in [3.8, 4) is 0 Å². The van der Waals surface area contributed by atoms with Gasteiger partial charge in [-0.15, -0.1) is 0 Å². The van der Waals surface area contributed by atoms with Crippen LogP contribution in [0.5, 0.6) is 0 Å². The second-order valence-electron chi connectivity index (χ2n) is 6.48. The Morgan fingerprint density at radius 2 is 1.16 bits per heavy atom. The van der Waals surface area contributed by atoms with Crippen LogP contribution in [-0.4, -0.2) is 34.9 Å². The van der Waals surface area contributed by atoms with E-state index in [1.807, 2.05) is 6.92 Å². The molecule has 0 saturated carbocycles. The van der Waals surface area contributed by atoms with Crippen molar-refractivity contribution in [3.63, 3.8) is 0 Å². The summed E-state index contributed by atoms with van der Waals surface area (Å²) in [6, 6.07) is 0. The highest BCUT2D eigenvalue weighted by atomic mass is 16.5. The fourth-order valence-electron chi connectivity index (χ4n) is 2.23. The molecule has 0 amide bonds. The molecule has 1 unspecified atom stereocenters. The first-order chi connectivity index (χ1) is 12.0. The largest absolute Gasteiger partial charge is 0.479 e. The number of unbranched alkanes of at least 4 members (excludes halogenated alkanes) is 11. The minimum atomic E-state index is -1.23. The van der Waals surface area contributed by atoms with Gasteiger partial charge in [0.1, 0.15) is 6.10 Å². The third-order valence-corrected chi connectivity index (χ3v) is 3.91. The van der Waals surface area contributed by atoms with E-state index in [2.05, 4.69) is 6.92 Å². The van der Waals surface area contributed by atoms with E-state index in [4.69, 9.17) is 14.9 Å². The smallest absolute Gasteiger partial charge is 0.332 e. The molecule has 2 N–H and O–H groups in total. The molecule has 0 saturated heterocycles. The van der Waals surface area contributed by atoms with Crippen molar-refractivity contribution in [2.45, 2.75) is 110 Å². The third-order valence-electron chi connectivity index (χ3n) is 3.91. The van der Waals surface area contributed by atoms with Crippen LogP contribution in [0.1, 0.15) is 104 Å². The molecular formula is C20H40O5. The highest BCUT2D eigenvalue weighted by Crippen LogP contribution is 2.11. The van der Waals surface area contributed by atoms with E-state index < -0.39 is 12.1 Å². The Labute approximate surface area is 154 Å². The van der Waals surface area contributed by atoms with Crippen molar-refractivity contribution in [3.05, 3.63) is 0 Å². The van der Waals surface area contributed by atoms with Crippen LogP contribution in [0.15, 0.2) is 0 Å². The summed E-state index contributed by atoms with van der Waals surface area (Å²) in [5, 5.41) is 15.8. The number of hydrogen-bond donors (Lipinski definition) is 2. The summed E-state index contributed by atoms with van der Waals surface area (Å²) in [6.07, 6.45) is 15.3. The van der Waals surface area contributed by atoms with Crippen LogP contribution in [-0.2, 0) is 14.3 Å². The Morgan fingerprint density at radius 3 is 1.48 bits per heavy atom. The van der Waals surface area contributed by atoms with E-state index in [1.165, 1.54) is 77.6 Å². The lowest BCUT2D eigenvalue weighted by molar-refractivity contribution is -0.145. The molecule has 1 atom stereocenters. The van der Waals surface area contributed by atoms with Gasteiger partial charge in [0, 0.05) is 6.42 Å².